The first-order valence-electron chi connectivity index (χ1n) is 9.91. The van der Waals surface area contributed by atoms with E-state index in [2.05, 4.69) is 20.6 Å². The highest BCUT2D eigenvalue weighted by molar-refractivity contribution is 6.34. The van der Waals surface area contributed by atoms with Gasteiger partial charge in [0, 0.05) is 18.0 Å². The van der Waals surface area contributed by atoms with E-state index < -0.39 is 23.7 Å². The lowest BCUT2D eigenvalue weighted by Crippen LogP contribution is -2.20. The second-order valence-electron chi connectivity index (χ2n) is 7.22. The van der Waals surface area contributed by atoms with Gasteiger partial charge >= 0.3 is 12.2 Å². The van der Waals surface area contributed by atoms with Crippen molar-refractivity contribution in [2.75, 3.05) is 10.6 Å². The maximum absolute atomic E-state index is 12.9. The number of rotatable bonds is 6. The number of nitrogens with one attached hydrogen (secondary N) is 2. The first-order chi connectivity index (χ1) is 16.6. The Bertz CT molecular complexity index is 1420. The van der Waals surface area contributed by atoms with Crippen LogP contribution >= 0.6 is 11.6 Å². The summed E-state index contributed by atoms with van der Waals surface area (Å²) in [5.74, 6) is -0.134. The third-order valence-electron chi connectivity index (χ3n) is 4.69. The molecule has 0 saturated carbocycles. The van der Waals surface area contributed by atoms with Crippen molar-refractivity contribution in [3.63, 3.8) is 0 Å². The van der Waals surface area contributed by atoms with Crippen LogP contribution in [0, 0.1) is 0 Å². The van der Waals surface area contributed by atoms with Gasteiger partial charge in [0.2, 0.25) is 11.8 Å². The van der Waals surface area contributed by atoms with Crippen LogP contribution in [0.2, 0.25) is 5.02 Å². The van der Waals surface area contributed by atoms with E-state index in [1.54, 1.807) is 16.8 Å². The molecule has 0 saturated heterocycles. The van der Waals surface area contributed by atoms with E-state index in [-0.39, 0.29) is 34.6 Å². The van der Waals surface area contributed by atoms with Gasteiger partial charge in [0.15, 0.2) is 0 Å². The van der Waals surface area contributed by atoms with Crippen molar-refractivity contribution in [1.29, 1.82) is 0 Å². The quantitative estimate of drug-likeness (QED) is 0.340. The normalized spacial score (nSPS) is 11.3. The number of anilines is 2. The second kappa shape index (κ2) is 9.50. The number of nitrogens with zero attached hydrogens (tertiary/aromatic N) is 3. The Balaban J connectivity index is 1.48. The van der Waals surface area contributed by atoms with Crippen LogP contribution in [-0.2, 0) is 17.5 Å². The van der Waals surface area contributed by atoms with E-state index in [9.17, 15) is 22.8 Å². The summed E-state index contributed by atoms with van der Waals surface area (Å²) < 4.78 is 45.9. The lowest BCUT2D eigenvalue weighted by molar-refractivity contribution is -0.137. The van der Waals surface area contributed by atoms with Gasteiger partial charge < -0.3 is 25.7 Å². The van der Waals surface area contributed by atoms with Crippen LogP contribution in [0.25, 0.3) is 11.0 Å². The van der Waals surface area contributed by atoms with Crippen LogP contribution in [0.4, 0.5) is 29.3 Å². The van der Waals surface area contributed by atoms with Crippen molar-refractivity contribution in [3.8, 4) is 11.6 Å². The number of amides is 3. The Morgan fingerprint density at radius 3 is 2.60 bits per heavy atom. The van der Waals surface area contributed by atoms with E-state index in [0.29, 0.717) is 11.0 Å². The first-order valence-corrected chi connectivity index (χ1v) is 10.3. The number of alkyl halides is 3. The van der Waals surface area contributed by atoms with Crippen LogP contribution < -0.4 is 21.1 Å². The topological polar surface area (TPSA) is 124 Å². The number of primary amides is 1. The number of hydrogen-bond donors (Lipinski definition) is 3. The molecule has 2 aromatic carbocycles. The smallest absolute Gasteiger partial charge is 0.416 e. The number of carbonyl (C=O) groups is 2. The fraction of sp³-hybridized carbons (Fsp3) is 0.0909. The molecule has 4 N–H and O–H groups in total. The summed E-state index contributed by atoms with van der Waals surface area (Å²) in [6, 6.07) is 9.47. The minimum absolute atomic E-state index is 0.0415. The number of fused-ring (bicyclic) bond motifs is 1. The number of nitrogens with two attached hydrogens (primary N) is 1. The largest absolute Gasteiger partial charge is 0.437 e. The molecule has 0 bridgehead atoms. The van der Waals surface area contributed by atoms with Gasteiger partial charge in [-0.05, 0) is 36.4 Å². The van der Waals surface area contributed by atoms with E-state index >= 15 is 0 Å². The Kier molecular flexibility index (Phi) is 6.47. The number of carbonyl (C=O) groups excluding carboxylic acids is 2. The SMILES string of the molecule is NC(=O)Cn1ccc2ncnc(Oc3ccc(NC(=O)Nc4cccc(C(F)(F)F)c4)c(Cl)c3)c21. The molecular weight excluding hydrogens is 489 g/mol. The molecule has 0 spiro atoms. The summed E-state index contributed by atoms with van der Waals surface area (Å²) in [5, 5.41) is 4.89. The van der Waals surface area contributed by atoms with Gasteiger partial charge in [0.1, 0.15) is 24.1 Å². The predicted octanol–water partition coefficient (Wildman–Crippen LogP) is 5.03. The summed E-state index contributed by atoms with van der Waals surface area (Å²) in [5.41, 5.74) is 5.52. The third kappa shape index (κ3) is 5.61. The summed E-state index contributed by atoms with van der Waals surface area (Å²) in [6.45, 7) is -0.0994. The molecule has 0 radical (unpaired) electrons. The Morgan fingerprint density at radius 2 is 1.89 bits per heavy atom. The van der Waals surface area contributed by atoms with Crippen LogP contribution in [0.5, 0.6) is 11.6 Å². The maximum atomic E-state index is 12.9. The molecule has 2 heterocycles. The lowest BCUT2D eigenvalue weighted by Gasteiger charge is -2.13. The molecule has 35 heavy (non-hydrogen) atoms. The summed E-state index contributed by atoms with van der Waals surface area (Å²) in [7, 11) is 0. The molecule has 0 aliphatic rings. The highest BCUT2D eigenvalue weighted by Crippen LogP contribution is 2.33. The third-order valence-corrected chi connectivity index (χ3v) is 5.01. The van der Waals surface area contributed by atoms with Gasteiger partial charge in [-0.1, -0.05) is 17.7 Å². The van der Waals surface area contributed by atoms with Crippen molar-refractivity contribution in [3.05, 3.63) is 71.6 Å². The van der Waals surface area contributed by atoms with Gasteiger partial charge in [-0.15, -0.1) is 0 Å². The zero-order valence-electron chi connectivity index (χ0n) is 17.6. The van der Waals surface area contributed by atoms with Crippen molar-refractivity contribution in [1.82, 2.24) is 14.5 Å². The van der Waals surface area contributed by atoms with Crippen LogP contribution in [0.15, 0.2) is 61.1 Å². The maximum Gasteiger partial charge on any atom is 0.416 e. The molecule has 3 amide bonds. The molecule has 4 aromatic rings. The standard InChI is InChI=1S/C22H16ClF3N6O3/c23-15-9-14(35-20-19-17(28-11-29-20)6-7-32(19)10-18(27)33)4-5-16(15)31-21(34)30-13-3-1-2-12(8-13)22(24,25)26/h1-9,11H,10H2,(H2,27,33)(H2,30,31,34). The zero-order chi connectivity index (χ0) is 25.2. The van der Waals surface area contributed by atoms with Gasteiger partial charge in [-0.3, -0.25) is 4.79 Å². The molecule has 180 valence electrons. The Morgan fingerprint density at radius 1 is 1.09 bits per heavy atom. The molecule has 0 fully saturated rings. The van der Waals surface area contributed by atoms with Gasteiger partial charge in [0.05, 0.1) is 21.8 Å². The Hall–Kier alpha value is -4.32. The molecular formula is C22H16ClF3N6O3. The van der Waals surface area contributed by atoms with E-state index in [1.165, 1.54) is 36.7 Å². The summed E-state index contributed by atoms with van der Waals surface area (Å²) in [4.78, 5) is 31.8. The molecule has 0 aliphatic heterocycles. The molecule has 0 atom stereocenters. The first kappa shape index (κ1) is 23.8. The lowest BCUT2D eigenvalue weighted by atomic mass is 10.2. The fourth-order valence-electron chi connectivity index (χ4n) is 3.21. The average Bonchev–Trinajstić information content (AvgIpc) is 3.18. The van der Waals surface area contributed by atoms with E-state index in [0.717, 1.165) is 12.1 Å². The Labute approximate surface area is 200 Å². The van der Waals surface area contributed by atoms with Crippen LogP contribution in [0.1, 0.15) is 5.56 Å². The van der Waals surface area contributed by atoms with Crippen molar-refractivity contribution < 1.29 is 27.5 Å². The van der Waals surface area contributed by atoms with Gasteiger partial charge in [-0.2, -0.15) is 18.2 Å². The van der Waals surface area contributed by atoms with Crippen LogP contribution in [-0.4, -0.2) is 26.5 Å². The number of aromatic nitrogens is 3. The van der Waals surface area contributed by atoms with Crippen molar-refractivity contribution in [2.24, 2.45) is 5.73 Å². The summed E-state index contributed by atoms with van der Waals surface area (Å²) >= 11 is 6.25. The number of urea groups is 1. The number of benzene rings is 2. The van der Waals surface area contributed by atoms with Crippen molar-refractivity contribution >= 4 is 45.9 Å². The van der Waals surface area contributed by atoms with Crippen LogP contribution in [0.3, 0.4) is 0 Å². The molecule has 2 aromatic heterocycles. The highest BCUT2D eigenvalue weighted by Gasteiger charge is 2.30. The average molecular weight is 505 g/mol. The van der Waals surface area contributed by atoms with E-state index in [4.69, 9.17) is 22.1 Å². The molecule has 9 nitrogen and oxygen atoms in total. The number of hydrogen-bond acceptors (Lipinski definition) is 5. The second-order valence-corrected chi connectivity index (χ2v) is 7.63. The predicted molar refractivity (Wildman–Crippen MR) is 122 cm³/mol. The monoisotopic (exact) mass is 504 g/mol. The molecule has 4 rings (SSSR count). The molecule has 0 unspecified atom stereocenters. The van der Waals surface area contributed by atoms with Gasteiger partial charge in [-0.25, -0.2) is 9.78 Å². The number of ether oxygens (including phenoxy) is 1. The molecule has 0 aliphatic carbocycles. The fourth-order valence-corrected chi connectivity index (χ4v) is 3.42. The minimum Gasteiger partial charge on any atom is -0.437 e. The van der Waals surface area contributed by atoms with E-state index in [1.807, 2.05) is 0 Å². The highest BCUT2D eigenvalue weighted by atomic mass is 35.5. The minimum atomic E-state index is -4.54. The van der Waals surface area contributed by atoms with Crippen molar-refractivity contribution in [2.45, 2.75) is 12.7 Å². The summed E-state index contributed by atoms with van der Waals surface area (Å²) in [6.07, 6.45) is -1.62. The zero-order valence-corrected chi connectivity index (χ0v) is 18.4. The van der Waals surface area contributed by atoms with Gasteiger partial charge in [0.25, 0.3) is 0 Å². The molecule has 13 heteroatoms. The number of halogens is 4.